The molecule has 0 aliphatic heterocycles. The van der Waals surface area contributed by atoms with Gasteiger partial charge in [-0.2, -0.15) is 0 Å². The summed E-state index contributed by atoms with van der Waals surface area (Å²) in [5.41, 5.74) is 0.828. The average molecular weight is 192 g/mol. The summed E-state index contributed by atoms with van der Waals surface area (Å²) in [7, 11) is 0. The average Bonchev–Trinajstić information content (AvgIpc) is 2.19. The number of pyridine rings is 1. The molecule has 1 heterocycles. The molecule has 5 heteroatoms. The van der Waals surface area contributed by atoms with Crippen LogP contribution in [0.15, 0.2) is 36.5 Å². The van der Waals surface area contributed by atoms with Gasteiger partial charge in [-0.05, 0) is 24.3 Å². The Morgan fingerprint density at radius 1 is 1.21 bits per heavy atom. The molecule has 0 aliphatic rings. The van der Waals surface area contributed by atoms with E-state index in [0.717, 1.165) is 10.9 Å². The van der Waals surface area contributed by atoms with Crippen LogP contribution in [0.2, 0.25) is 0 Å². The van der Waals surface area contributed by atoms with Crippen molar-refractivity contribution in [3.8, 4) is 0 Å². The zero-order chi connectivity index (χ0) is 10.4. The highest BCUT2D eigenvalue weighted by Crippen LogP contribution is 2.11. The molecule has 3 nitrogen and oxygen atoms in total. The summed E-state index contributed by atoms with van der Waals surface area (Å²) in [5.74, 6) is -0.217. The van der Waals surface area contributed by atoms with E-state index in [1.807, 2.05) is 6.07 Å². The third kappa shape index (κ3) is 2.79. The number of halogens is 1. The van der Waals surface area contributed by atoms with E-state index in [4.69, 9.17) is 10.0 Å². The van der Waals surface area contributed by atoms with Gasteiger partial charge in [-0.15, -0.1) is 0 Å². The van der Waals surface area contributed by atoms with Crippen molar-refractivity contribution in [3.05, 3.63) is 42.3 Å². The first-order chi connectivity index (χ1) is 6.77. The molecule has 0 bridgehead atoms. The minimum atomic E-state index is -0.217. The fraction of sp³-hybridized carbons (Fsp3) is 0. The molecule has 0 fully saturated rings. The molecule has 2 aromatic rings. The van der Waals surface area contributed by atoms with Crippen molar-refractivity contribution in [2.45, 2.75) is 0 Å². The summed E-state index contributed by atoms with van der Waals surface area (Å²) in [6.45, 7) is 0. The molecule has 14 heavy (non-hydrogen) atoms. The number of benzene rings is 1. The van der Waals surface area contributed by atoms with Crippen molar-refractivity contribution in [2.24, 2.45) is 0 Å². The van der Waals surface area contributed by atoms with Crippen LogP contribution in [0, 0.1) is 5.82 Å². The summed E-state index contributed by atoms with van der Waals surface area (Å²) in [4.78, 5) is 4.06. The minimum absolute atomic E-state index is 0. The number of aromatic nitrogens is 1. The molecule has 0 saturated carbocycles. The molecule has 1 aromatic heterocycles. The Kier molecular flexibility index (Phi) is 4.03. The van der Waals surface area contributed by atoms with Crippen LogP contribution in [-0.4, -0.2) is 22.7 Å². The first-order valence-electron chi connectivity index (χ1n) is 3.88. The maximum Gasteiger partial charge on any atom is 0.482 e. The molecular weight excluding hydrogens is 184 g/mol. The van der Waals surface area contributed by atoms with E-state index in [9.17, 15) is 4.39 Å². The molecule has 0 amide bonds. The van der Waals surface area contributed by atoms with Crippen LogP contribution in [0.5, 0.6) is 0 Å². The zero-order valence-corrected chi connectivity index (χ0v) is 7.26. The molecule has 0 atom stereocenters. The Bertz CT molecular complexity index is 411. The Labute approximate surface area is 81.1 Å². The quantitative estimate of drug-likeness (QED) is 0.609. The van der Waals surface area contributed by atoms with Gasteiger partial charge in [0.2, 0.25) is 0 Å². The number of nitrogens with zero attached hydrogens (tertiary/aromatic N) is 1. The van der Waals surface area contributed by atoms with E-state index in [2.05, 4.69) is 4.98 Å². The van der Waals surface area contributed by atoms with Crippen LogP contribution in [0.1, 0.15) is 0 Å². The molecule has 0 saturated heterocycles. The standard InChI is InChI=1S/C9H6FN.BH2O2/c10-8-3-4-9-7(6-8)2-1-5-11-9;2-1-3/h1-6H;2-3H. The van der Waals surface area contributed by atoms with Gasteiger partial charge >= 0.3 is 7.69 Å². The lowest BCUT2D eigenvalue weighted by molar-refractivity contribution is 0.448. The van der Waals surface area contributed by atoms with Crippen LogP contribution >= 0.6 is 0 Å². The second kappa shape index (κ2) is 5.31. The van der Waals surface area contributed by atoms with Crippen LogP contribution in [-0.2, 0) is 0 Å². The molecule has 1 aromatic carbocycles. The van der Waals surface area contributed by atoms with Gasteiger partial charge in [0.15, 0.2) is 0 Å². The number of rotatable bonds is 0. The molecule has 0 unspecified atom stereocenters. The van der Waals surface area contributed by atoms with Gasteiger partial charge in [-0.3, -0.25) is 4.98 Å². The van der Waals surface area contributed by atoms with Gasteiger partial charge in [0.25, 0.3) is 0 Å². The summed E-state index contributed by atoms with van der Waals surface area (Å²) in [5, 5.41) is 14.8. The second-order valence-corrected chi connectivity index (χ2v) is 2.46. The Hall–Kier alpha value is -1.46. The van der Waals surface area contributed by atoms with E-state index in [1.54, 1.807) is 18.3 Å². The van der Waals surface area contributed by atoms with E-state index < -0.39 is 0 Å². The van der Waals surface area contributed by atoms with E-state index in [1.165, 1.54) is 12.1 Å². The maximum absolute atomic E-state index is 12.6. The second-order valence-electron chi connectivity index (χ2n) is 2.46. The molecular formula is C9H8BFNO2. The number of hydrogen-bond donors (Lipinski definition) is 2. The van der Waals surface area contributed by atoms with Crippen molar-refractivity contribution in [1.82, 2.24) is 4.98 Å². The first-order valence-corrected chi connectivity index (χ1v) is 3.88. The maximum atomic E-state index is 12.6. The molecule has 2 N–H and O–H groups in total. The van der Waals surface area contributed by atoms with Crippen LogP contribution in [0.3, 0.4) is 0 Å². The summed E-state index contributed by atoms with van der Waals surface area (Å²) < 4.78 is 12.6. The largest absolute Gasteiger partial charge is 0.482 e. The predicted octanol–water partition coefficient (Wildman–Crippen LogP) is 0.879. The van der Waals surface area contributed by atoms with Gasteiger partial charge in [-0.1, -0.05) is 6.07 Å². The van der Waals surface area contributed by atoms with Gasteiger partial charge in [0.1, 0.15) is 5.82 Å². The van der Waals surface area contributed by atoms with Crippen LogP contribution < -0.4 is 0 Å². The Morgan fingerprint density at radius 2 is 1.93 bits per heavy atom. The molecule has 1 radical (unpaired) electrons. The third-order valence-electron chi connectivity index (χ3n) is 1.57. The summed E-state index contributed by atoms with van der Waals surface area (Å²) in [6, 6.07) is 8.19. The van der Waals surface area contributed by atoms with Gasteiger partial charge in [0, 0.05) is 11.6 Å². The van der Waals surface area contributed by atoms with E-state index in [-0.39, 0.29) is 13.5 Å². The third-order valence-corrected chi connectivity index (χ3v) is 1.57. The first kappa shape index (κ1) is 10.6. The lowest BCUT2D eigenvalue weighted by Crippen LogP contribution is -1.78. The zero-order valence-electron chi connectivity index (χ0n) is 7.26. The monoisotopic (exact) mass is 192 g/mol. The highest BCUT2D eigenvalue weighted by molar-refractivity contribution is 6.13. The van der Waals surface area contributed by atoms with Crippen molar-refractivity contribution >= 4 is 18.6 Å². The Balaban J connectivity index is 0.000000293. The normalized spacial score (nSPS) is 9.07. The van der Waals surface area contributed by atoms with Crippen molar-refractivity contribution < 1.29 is 14.4 Å². The Morgan fingerprint density at radius 3 is 2.64 bits per heavy atom. The van der Waals surface area contributed by atoms with Crippen LogP contribution in [0.4, 0.5) is 4.39 Å². The highest BCUT2D eigenvalue weighted by atomic mass is 19.1. The fourth-order valence-corrected chi connectivity index (χ4v) is 1.05. The summed E-state index contributed by atoms with van der Waals surface area (Å²) in [6.07, 6.45) is 1.69. The van der Waals surface area contributed by atoms with E-state index >= 15 is 0 Å². The topological polar surface area (TPSA) is 53.4 Å². The van der Waals surface area contributed by atoms with Crippen molar-refractivity contribution in [2.75, 3.05) is 0 Å². The smallest absolute Gasteiger partial charge is 0.429 e. The van der Waals surface area contributed by atoms with E-state index in [0.29, 0.717) is 0 Å². The highest BCUT2D eigenvalue weighted by Gasteiger charge is 1.93. The predicted molar refractivity (Wildman–Crippen MR) is 51.9 cm³/mol. The van der Waals surface area contributed by atoms with Gasteiger partial charge in [0.05, 0.1) is 5.52 Å². The van der Waals surface area contributed by atoms with Crippen LogP contribution in [0.25, 0.3) is 10.9 Å². The lowest BCUT2D eigenvalue weighted by Gasteiger charge is -1.93. The molecule has 2 rings (SSSR count). The summed E-state index contributed by atoms with van der Waals surface area (Å²) >= 11 is 0. The number of fused-ring (bicyclic) bond motifs is 1. The van der Waals surface area contributed by atoms with Gasteiger partial charge < -0.3 is 10.0 Å². The lowest BCUT2D eigenvalue weighted by atomic mass is 10.2. The molecule has 71 valence electrons. The van der Waals surface area contributed by atoms with Crippen molar-refractivity contribution in [3.63, 3.8) is 0 Å². The van der Waals surface area contributed by atoms with Crippen molar-refractivity contribution in [1.29, 1.82) is 0 Å². The fourth-order valence-electron chi connectivity index (χ4n) is 1.05. The molecule has 0 aliphatic carbocycles. The van der Waals surface area contributed by atoms with Gasteiger partial charge in [-0.25, -0.2) is 4.39 Å². The minimum Gasteiger partial charge on any atom is -0.429 e. The molecule has 0 spiro atoms. The number of hydrogen-bond acceptors (Lipinski definition) is 3. The SMILES string of the molecule is Fc1ccc2ncccc2c1.O[B]O.